The molecule has 0 saturated carbocycles. The van der Waals surface area contributed by atoms with E-state index in [-0.39, 0.29) is 11.5 Å². The topological polar surface area (TPSA) is 69.3 Å². The van der Waals surface area contributed by atoms with E-state index in [1.165, 1.54) is 43.3 Å². The van der Waals surface area contributed by atoms with Crippen molar-refractivity contribution in [1.29, 1.82) is 0 Å². The molecule has 0 unspecified atom stereocenters. The molecule has 0 aliphatic rings. The second kappa shape index (κ2) is 7.56. The summed E-state index contributed by atoms with van der Waals surface area (Å²) >= 11 is 1.33. The second-order valence-corrected chi connectivity index (χ2v) is 5.76. The summed E-state index contributed by atoms with van der Waals surface area (Å²) in [5, 5.41) is 0.563. The quantitative estimate of drug-likeness (QED) is 0.638. The van der Waals surface area contributed by atoms with Gasteiger partial charge in [-0.3, -0.25) is 4.98 Å². The summed E-state index contributed by atoms with van der Waals surface area (Å²) in [6.07, 6.45) is 1.50. The number of H-pyrrole nitrogens is 1. The minimum absolute atomic E-state index is 0.0474. The van der Waals surface area contributed by atoms with Crippen LogP contribution in [0.25, 0.3) is 11.0 Å². The van der Waals surface area contributed by atoms with E-state index in [4.69, 9.17) is 12.2 Å². The van der Waals surface area contributed by atoms with Crippen molar-refractivity contribution in [3.8, 4) is 17.2 Å². The van der Waals surface area contributed by atoms with Crippen LogP contribution in [0.3, 0.4) is 0 Å². The summed E-state index contributed by atoms with van der Waals surface area (Å²) in [4.78, 5) is 11.6. The van der Waals surface area contributed by atoms with Crippen LogP contribution in [0.5, 0.6) is 17.2 Å². The number of methoxy groups -OCH3 is 2. The van der Waals surface area contributed by atoms with E-state index in [0.717, 1.165) is 0 Å². The molecule has 0 bridgehead atoms. The van der Waals surface area contributed by atoms with Gasteiger partial charge in [-0.25, -0.2) is 4.98 Å². The number of imidazole rings is 1. The Morgan fingerprint density at radius 1 is 1.32 bits per heavy atom. The lowest BCUT2D eigenvalue weighted by Crippen LogP contribution is -2.01. The predicted molar refractivity (Wildman–Crippen MR) is 89.6 cm³/mol. The average molecular weight is 369 g/mol. The number of nitrogens with one attached hydrogen (secondary N) is 1. The lowest BCUT2D eigenvalue weighted by Gasteiger charge is -2.10. The number of nitrogens with zero attached hydrogens (tertiary/aromatic N) is 2. The van der Waals surface area contributed by atoms with Gasteiger partial charge in [-0.15, -0.1) is 0 Å². The molecule has 1 aromatic carbocycles. The van der Waals surface area contributed by atoms with Gasteiger partial charge in [0, 0.05) is 24.1 Å². The predicted octanol–water partition coefficient (Wildman–Crippen LogP) is 3.87. The number of aromatic amines is 1. The van der Waals surface area contributed by atoms with E-state index in [9.17, 15) is 8.78 Å². The number of ether oxygens (including phenoxy) is 3. The van der Waals surface area contributed by atoms with Gasteiger partial charge in [-0.05, 0) is 12.1 Å². The first-order valence-electron chi connectivity index (χ1n) is 8.22. The van der Waals surface area contributed by atoms with Crippen LogP contribution in [0.2, 0.25) is 0 Å². The van der Waals surface area contributed by atoms with Crippen molar-refractivity contribution in [2.75, 3.05) is 14.2 Å². The van der Waals surface area contributed by atoms with E-state index in [1.54, 1.807) is 6.07 Å². The van der Waals surface area contributed by atoms with Gasteiger partial charge in [-0.1, -0.05) is 11.8 Å². The zero-order valence-corrected chi connectivity index (χ0v) is 13.8. The standard InChI is InChI=1S/C16H15F2N3O3S/c1-22-13-5-6-19-12(14(13)23-2)8-25-16-20-10-4-3-9(24-15(17)18)7-11(10)21-16/h3-7,15H,8H2,1-2H3,(H,20,21)/i1D2. The molecule has 1 N–H and O–H groups in total. The maximum absolute atomic E-state index is 12.3. The third-order valence-electron chi connectivity index (χ3n) is 3.28. The lowest BCUT2D eigenvalue weighted by molar-refractivity contribution is -0.0497. The van der Waals surface area contributed by atoms with Crippen LogP contribution in [0.15, 0.2) is 35.6 Å². The van der Waals surface area contributed by atoms with Crippen molar-refractivity contribution < 1.29 is 25.7 Å². The minimum Gasteiger partial charge on any atom is -0.493 e. The van der Waals surface area contributed by atoms with Crippen molar-refractivity contribution in [1.82, 2.24) is 15.0 Å². The number of hydrogen-bond acceptors (Lipinski definition) is 6. The summed E-state index contributed by atoms with van der Waals surface area (Å²) in [6.45, 7) is -2.89. The monoisotopic (exact) mass is 369 g/mol. The maximum Gasteiger partial charge on any atom is 0.387 e. The Bertz CT molecular complexity index is 927. The van der Waals surface area contributed by atoms with Crippen molar-refractivity contribution in [2.24, 2.45) is 0 Å². The molecule has 0 saturated heterocycles. The molecule has 25 heavy (non-hydrogen) atoms. The fourth-order valence-corrected chi connectivity index (χ4v) is 3.06. The van der Waals surface area contributed by atoms with Crippen LogP contribution >= 0.6 is 11.8 Å². The molecule has 0 radical (unpaired) electrons. The molecule has 2 heterocycles. The normalized spacial score (nSPS) is 12.4. The molecule has 9 heteroatoms. The van der Waals surface area contributed by atoms with E-state index in [0.29, 0.717) is 33.4 Å². The van der Waals surface area contributed by atoms with Crippen LogP contribution in [0.4, 0.5) is 8.78 Å². The summed E-state index contributed by atoms with van der Waals surface area (Å²) in [5.74, 6) is 1.03. The molecule has 0 spiro atoms. The zero-order chi connectivity index (χ0) is 19.4. The molecule has 2 aromatic heterocycles. The van der Waals surface area contributed by atoms with Crippen molar-refractivity contribution in [2.45, 2.75) is 17.5 Å². The van der Waals surface area contributed by atoms with E-state index in [1.807, 2.05) is 0 Å². The van der Waals surface area contributed by atoms with Gasteiger partial charge in [0.1, 0.15) is 5.75 Å². The molecule has 0 atom stereocenters. The van der Waals surface area contributed by atoms with Crippen molar-refractivity contribution >= 4 is 22.8 Å². The van der Waals surface area contributed by atoms with Gasteiger partial charge < -0.3 is 19.2 Å². The minimum atomic E-state index is -2.89. The first kappa shape index (κ1) is 14.8. The fourth-order valence-electron chi connectivity index (χ4n) is 2.23. The molecule has 0 aliphatic carbocycles. The fraction of sp³-hybridized carbons (Fsp3) is 0.250. The Kier molecular flexibility index (Phi) is 4.46. The van der Waals surface area contributed by atoms with E-state index in [2.05, 4.69) is 19.7 Å². The molecule has 3 aromatic rings. The SMILES string of the molecule is [2H]C([2H])Oc1ccnc(CSc2nc3ccc(OC(F)F)cc3[nH]2)c1OC. The van der Waals surface area contributed by atoms with Gasteiger partial charge in [0.2, 0.25) is 0 Å². The summed E-state index contributed by atoms with van der Waals surface area (Å²) in [7, 11) is -0.0334. The summed E-state index contributed by atoms with van der Waals surface area (Å²) < 4.78 is 53.8. The summed E-state index contributed by atoms with van der Waals surface area (Å²) in [6, 6.07) is 5.99. The average Bonchev–Trinajstić information content (AvgIpc) is 3.01. The summed E-state index contributed by atoms with van der Waals surface area (Å²) in [5.41, 5.74) is 1.74. The van der Waals surface area contributed by atoms with Gasteiger partial charge in [0.25, 0.3) is 0 Å². The first-order valence-corrected chi connectivity index (χ1v) is 8.05. The number of benzene rings is 1. The number of alkyl halides is 2. The number of pyridine rings is 1. The van der Waals surface area contributed by atoms with Crippen molar-refractivity contribution in [3.05, 3.63) is 36.2 Å². The Morgan fingerprint density at radius 2 is 2.20 bits per heavy atom. The molecule has 132 valence electrons. The molecule has 3 rings (SSSR count). The highest BCUT2D eigenvalue weighted by atomic mass is 32.2. The Labute approximate surface area is 149 Å². The zero-order valence-electron chi connectivity index (χ0n) is 15.0. The van der Waals surface area contributed by atoms with Gasteiger partial charge in [-0.2, -0.15) is 8.78 Å². The Balaban J connectivity index is 1.76. The number of halogens is 2. The van der Waals surface area contributed by atoms with Crippen LogP contribution in [0.1, 0.15) is 8.44 Å². The molecular formula is C16H15F2N3O3S. The number of rotatable bonds is 7. The Morgan fingerprint density at radius 3 is 2.96 bits per heavy atom. The van der Waals surface area contributed by atoms with Gasteiger partial charge >= 0.3 is 6.61 Å². The maximum atomic E-state index is 12.3. The Hall–Kier alpha value is -2.55. The highest BCUT2D eigenvalue weighted by Gasteiger charge is 2.13. The lowest BCUT2D eigenvalue weighted by atomic mass is 10.3. The molecule has 6 nitrogen and oxygen atoms in total. The van der Waals surface area contributed by atoms with E-state index < -0.39 is 13.7 Å². The number of fused-ring (bicyclic) bond motifs is 1. The second-order valence-electron chi connectivity index (χ2n) is 4.79. The number of thioether (sulfide) groups is 1. The largest absolute Gasteiger partial charge is 0.493 e. The third kappa shape index (κ3) is 3.93. The number of hydrogen-bond donors (Lipinski definition) is 1. The first-order chi connectivity index (χ1) is 13.0. The third-order valence-corrected chi connectivity index (χ3v) is 4.16. The highest BCUT2D eigenvalue weighted by molar-refractivity contribution is 7.98. The molecule has 0 amide bonds. The van der Waals surface area contributed by atoms with Crippen LogP contribution < -0.4 is 14.2 Å². The van der Waals surface area contributed by atoms with Crippen LogP contribution in [-0.4, -0.2) is 35.7 Å². The molecular weight excluding hydrogens is 352 g/mol. The molecule has 0 fully saturated rings. The van der Waals surface area contributed by atoms with Gasteiger partial charge in [0.15, 0.2) is 16.7 Å². The number of aromatic nitrogens is 3. The smallest absolute Gasteiger partial charge is 0.387 e. The molecule has 0 aliphatic heterocycles. The van der Waals surface area contributed by atoms with Crippen LogP contribution in [-0.2, 0) is 5.75 Å². The van der Waals surface area contributed by atoms with Gasteiger partial charge in [0.05, 0.1) is 33.6 Å². The van der Waals surface area contributed by atoms with E-state index >= 15 is 0 Å². The van der Waals surface area contributed by atoms with Crippen molar-refractivity contribution in [3.63, 3.8) is 0 Å². The van der Waals surface area contributed by atoms with Crippen LogP contribution in [0, 0.1) is 0 Å². The highest BCUT2D eigenvalue weighted by Crippen LogP contribution is 2.33.